The fraction of sp³-hybridized carbons (Fsp3) is 0.417. The van der Waals surface area contributed by atoms with Crippen LogP contribution in [-0.2, 0) is 6.54 Å². The van der Waals surface area contributed by atoms with Crippen molar-refractivity contribution in [3.8, 4) is 0 Å². The topological polar surface area (TPSA) is 79.5 Å². The third kappa shape index (κ3) is 1.95. The standard InChI is InChI=1S/C12H14N4O2/c17-12(18)8-4-5-16-10(6-8)14-15-11(16)7-13-9-2-1-3-9/h4-6,9,13H,1-3,7H2,(H,17,18). The van der Waals surface area contributed by atoms with Crippen LogP contribution >= 0.6 is 0 Å². The van der Waals surface area contributed by atoms with Crippen LogP contribution in [0.1, 0.15) is 35.4 Å². The number of hydrogen-bond donors (Lipinski definition) is 2. The molecule has 3 rings (SSSR count). The number of rotatable bonds is 4. The van der Waals surface area contributed by atoms with Crippen LogP contribution in [0.4, 0.5) is 0 Å². The molecule has 0 amide bonds. The molecule has 0 bridgehead atoms. The lowest BCUT2D eigenvalue weighted by atomic mass is 9.93. The van der Waals surface area contributed by atoms with Gasteiger partial charge in [0.05, 0.1) is 12.1 Å². The van der Waals surface area contributed by atoms with E-state index in [2.05, 4.69) is 15.5 Å². The van der Waals surface area contributed by atoms with Crippen LogP contribution in [0.25, 0.3) is 5.65 Å². The number of carboxylic acids is 1. The van der Waals surface area contributed by atoms with Crippen molar-refractivity contribution in [2.24, 2.45) is 0 Å². The lowest BCUT2D eigenvalue weighted by Crippen LogP contribution is -2.35. The Bertz CT molecular complexity index is 589. The summed E-state index contributed by atoms with van der Waals surface area (Å²) in [6.45, 7) is 0.665. The highest BCUT2D eigenvalue weighted by atomic mass is 16.4. The molecule has 1 aliphatic rings. The third-order valence-electron chi connectivity index (χ3n) is 3.38. The van der Waals surface area contributed by atoms with Gasteiger partial charge in [0.1, 0.15) is 0 Å². The maximum Gasteiger partial charge on any atom is 0.335 e. The van der Waals surface area contributed by atoms with Gasteiger partial charge in [-0.3, -0.25) is 4.40 Å². The normalized spacial score (nSPS) is 15.8. The molecule has 0 atom stereocenters. The molecule has 18 heavy (non-hydrogen) atoms. The highest BCUT2D eigenvalue weighted by Gasteiger charge is 2.17. The molecule has 0 aromatic carbocycles. The lowest BCUT2D eigenvalue weighted by molar-refractivity contribution is 0.0697. The summed E-state index contributed by atoms with van der Waals surface area (Å²) >= 11 is 0. The number of aromatic nitrogens is 3. The van der Waals surface area contributed by atoms with Gasteiger partial charge in [0, 0.05) is 12.2 Å². The monoisotopic (exact) mass is 246 g/mol. The largest absolute Gasteiger partial charge is 0.478 e. The second-order valence-corrected chi connectivity index (χ2v) is 4.57. The van der Waals surface area contributed by atoms with Crippen LogP contribution in [0, 0.1) is 0 Å². The Kier molecular flexibility index (Phi) is 2.71. The van der Waals surface area contributed by atoms with Crippen LogP contribution in [-0.4, -0.2) is 31.7 Å². The first-order chi connectivity index (χ1) is 8.74. The van der Waals surface area contributed by atoms with Crippen molar-refractivity contribution in [2.75, 3.05) is 0 Å². The molecule has 6 heteroatoms. The van der Waals surface area contributed by atoms with E-state index in [1.807, 2.05) is 4.40 Å². The van der Waals surface area contributed by atoms with Crippen molar-refractivity contribution >= 4 is 11.6 Å². The molecule has 2 aromatic rings. The zero-order chi connectivity index (χ0) is 12.5. The van der Waals surface area contributed by atoms with E-state index in [0.717, 1.165) is 5.82 Å². The van der Waals surface area contributed by atoms with Crippen LogP contribution in [0.5, 0.6) is 0 Å². The highest BCUT2D eigenvalue weighted by molar-refractivity contribution is 5.88. The quantitative estimate of drug-likeness (QED) is 0.843. The molecular formula is C12H14N4O2. The predicted molar refractivity (Wildman–Crippen MR) is 64.4 cm³/mol. The molecule has 0 saturated heterocycles. The van der Waals surface area contributed by atoms with Crippen molar-refractivity contribution in [1.82, 2.24) is 19.9 Å². The summed E-state index contributed by atoms with van der Waals surface area (Å²) in [6, 6.07) is 3.68. The van der Waals surface area contributed by atoms with Crippen molar-refractivity contribution in [1.29, 1.82) is 0 Å². The zero-order valence-corrected chi connectivity index (χ0v) is 9.83. The Hall–Kier alpha value is -1.95. The average Bonchev–Trinajstić information content (AvgIpc) is 2.69. The summed E-state index contributed by atoms with van der Waals surface area (Å²) in [5.41, 5.74) is 0.800. The minimum atomic E-state index is -0.949. The number of nitrogens with zero attached hydrogens (tertiary/aromatic N) is 3. The van der Waals surface area contributed by atoms with E-state index in [1.54, 1.807) is 12.3 Å². The van der Waals surface area contributed by atoms with Gasteiger partial charge in [-0.15, -0.1) is 10.2 Å². The number of pyridine rings is 1. The van der Waals surface area contributed by atoms with Gasteiger partial charge < -0.3 is 10.4 Å². The second kappa shape index (κ2) is 4.38. The molecule has 1 aliphatic carbocycles. The summed E-state index contributed by atoms with van der Waals surface area (Å²) in [7, 11) is 0. The number of aromatic carboxylic acids is 1. The number of carboxylic acid groups (broad SMARTS) is 1. The first kappa shape index (κ1) is 11.2. The van der Waals surface area contributed by atoms with E-state index in [1.165, 1.54) is 25.3 Å². The Morgan fingerprint density at radius 2 is 2.33 bits per heavy atom. The summed E-state index contributed by atoms with van der Waals surface area (Å²) in [6.07, 6.45) is 5.44. The van der Waals surface area contributed by atoms with Gasteiger partial charge in [-0.25, -0.2) is 4.79 Å². The molecule has 0 unspecified atom stereocenters. The fourth-order valence-corrected chi connectivity index (χ4v) is 2.04. The lowest BCUT2D eigenvalue weighted by Gasteiger charge is -2.26. The molecule has 2 aromatic heterocycles. The van der Waals surface area contributed by atoms with Crippen LogP contribution in [0.2, 0.25) is 0 Å². The molecule has 1 fully saturated rings. The van der Waals surface area contributed by atoms with Gasteiger partial charge in [0.15, 0.2) is 11.5 Å². The van der Waals surface area contributed by atoms with Gasteiger partial charge >= 0.3 is 5.97 Å². The predicted octanol–water partition coefficient (Wildman–Crippen LogP) is 1.07. The SMILES string of the molecule is O=C(O)c1ccn2c(CNC3CCC3)nnc2c1. The van der Waals surface area contributed by atoms with Gasteiger partial charge in [-0.1, -0.05) is 6.42 Å². The van der Waals surface area contributed by atoms with Crippen LogP contribution < -0.4 is 5.32 Å². The van der Waals surface area contributed by atoms with Crippen molar-refractivity contribution in [3.63, 3.8) is 0 Å². The van der Waals surface area contributed by atoms with Crippen LogP contribution in [0.3, 0.4) is 0 Å². The van der Waals surface area contributed by atoms with E-state index in [9.17, 15) is 4.79 Å². The minimum absolute atomic E-state index is 0.230. The van der Waals surface area contributed by atoms with Gasteiger partial charge in [0.25, 0.3) is 0 Å². The first-order valence-electron chi connectivity index (χ1n) is 6.04. The van der Waals surface area contributed by atoms with Crippen molar-refractivity contribution in [2.45, 2.75) is 31.8 Å². The maximum absolute atomic E-state index is 10.8. The highest BCUT2D eigenvalue weighted by Crippen LogP contribution is 2.18. The molecular weight excluding hydrogens is 232 g/mol. The third-order valence-corrected chi connectivity index (χ3v) is 3.38. The van der Waals surface area contributed by atoms with E-state index < -0.39 is 5.97 Å². The molecule has 2 heterocycles. The van der Waals surface area contributed by atoms with Gasteiger partial charge in [-0.2, -0.15) is 0 Å². The molecule has 0 spiro atoms. The zero-order valence-electron chi connectivity index (χ0n) is 9.83. The average molecular weight is 246 g/mol. The van der Waals surface area contributed by atoms with E-state index in [-0.39, 0.29) is 5.56 Å². The summed E-state index contributed by atoms with van der Waals surface area (Å²) in [5.74, 6) is -0.136. The van der Waals surface area contributed by atoms with E-state index >= 15 is 0 Å². The van der Waals surface area contributed by atoms with Crippen molar-refractivity contribution in [3.05, 3.63) is 29.7 Å². The number of fused-ring (bicyclic) bond motifs is 1. The molecule has 0 aliphatic heterocycles. The molecule has 2 N–H and O–H groups in total. The number of nitrogens with one attached hydrogen (secondary N) is 1. The van der Waals surface area contributed by atoms with Gasteiger partial charge in [0.2, 0.25) is 0 Å². The summed E-state index contributed by atoms with van der Waals surface area (Å²) in [5, 5.41) is 20.4. The Labute approximate surface area is 104 Å². The van der Waals surface area contributed by atoms with E-state index in [0.29, 0.717) is 18.2 Å². The molecule has 1 saturated carbocycles. The Morgan fingerprint density at radius 3 is 3.00 bits per heavy atom. The number of carbonyl (C=O) groups is 1. The van der Waals surface area contributed by atoms with Crippen LogP contribution in [0.15, 0.2) is 18.3 Å². The maximum atomic E-state index is 10.8. The Morgan fingerprint density at radius 1 is 1.50 bits per heavy atom. The fourth-order valence-electron chi connectivity index (χ4n) is 2.04. The second-order valence-electron chi connectivity index (χ2n) is 4.57. The van der Waals surface area contributed by atoms with E-state index in [4.69, 9.17) is 5.11 Å². The Balaban J connectivity index is 1.82. The number of hydrogen-bond acceptors (Lipinski definition) is 4. The summed E-state index contributed by atoms with van der Waals surface area (Å²) < 4.78 is 1.82. The smallest absolute Gasteiger partial charge is 0.335 e. The van der Waals surface area contributed by atoms with Gasteiger partial charge in [-0.05, 0) is 25.0 Å². The molecule has 6 nitrogen and oxygen atoms in total. The first-order valence-corrected chi connectivity index (χ1v) is 6.04. The minimum Gasteiger partial charge on any atom is -0.478 e. The van der Waals surface area contributed by atoms with Crippen molar-refractivity contribution < 1.29 is 9.90 Å². The molecule has 94 valence electrons. The summed E-state index contributed by atoms with van der Waals surface area (Å²) in [4.78, 5) is 10.8. The molecule has 0 radical (unpaired) electrons.